The monoisotopic (exact) mass is 368 g/mol. The summed E-state index contributed by atoms with van der Waals surface area (Å²) in [4.78, 5) is 25.3. The average Bonchev–Trinajstić information content (AvgIpc) is 2.92. The summed E-state index contributed by atoms with van der Waals surface area (Å²) in [5.74, 6) is -0.0951. The second-order valence-electron chi connectivity index (χ2n) is 7.91. The second-order valence-corrected chi connectivity index (χ2v) is 8.86. The van der Waals surface area contributed by atoms with Crippen LogP contribution in [0.5, 0.6) is 0 Å². The van der Waals surface area contributed by atoms with Gasteiger partial charge in [-0.25, -0.2) is 4.79 Å². The number of thiophene rings is 1. The van der Waals surface area contributed by atoms with Crippen LogP contribution in [0.25, 0.3) is 0 Å². The molecule has 1 aromatic rings. The first-order valence-electron chi connectivity index (χ1n) is 8.51. The molecule has 1 aliphatic rings. The Morgan fingerprint density at radius 1 is 1.32 bits per heavy atom. The van der Waals surface area contributed by atoms with Crippen molar-refractivity contribution in [3.8, 4) is 0 Å². The van der Waals surface area contributed by atoms with E-state index in [1.807, 2.05) is 40.0 Å². The summed E-state index contributed by atoms with van der Waals surface area (Å²) in [5.41, 5.74) is 0.148. The number of rotatable bonds is 5. The Labute approximate surface area is 153 Å². The maximum Gasteiger partial charge on any atom is 0.407 e. The molecule has 7 heteroatoms. The third-order valence-corrected chi connectivity index (χ3v) is 4.74. The quantitative estimate of drug-likeness (QED) is 0.837. The Kier molecular flexibility index (Phi) is 6.11. The van der Waals surface area contributed by atoms with E-state index in [9.17, 15) is 9.59 Å². The molecule has 0 radical (unpaired) electrons. The molecular weight excluding hydrogens is 340 g/mol. The van der Waals surface area contributed by atoms with Crippen molar-refractivity contribution in [2.45, 2.75) is 64.7 Å². The van der Waals surface area contributed by atoms with E-state index < -0.39 is 17.2 Å². The molecule has 1 unspecified atom stereocenters. The fourth-order valence-electron chi connectivity index (χ4n) is 2.62. The molecule has 6 nitrogen and oxygen atoms in total. The number of carbonyl (C=O) groups is 2. The second kappa shape index (κ2) is 7.74. The lowest BCUT2D eigenvalue weighted by Gasteiger charge is -2.29. The van der Waals surface area contributed by atoms with Gasteiger partial charge in [-0.1, -0.05) is 0 Å². The van der Waals surface area contributed by atoms with Crippen molar-refractivity contribution < 1.29 is 19.1 Å². The molecule has 0 fully saturated rings. The molecule has 0 bridgehead atoms. The van der Waals surface area contributed by atoms with Gasteiger partial charge in [0.2, 0.25) is 5.91 Å². The third-order valence-electron chi connectivity index (χ3n) is 3.69. The smallest absolute Gasteiger partial charge is 0.407 e. The zero-order chi connectivity index (χ0) is 18.7. The molecule has 0 spiro atoms. The van der Waals surface area contributed by atoms with Gasteiger partial charge in [-0.05, 0) is 58.0 Å². The zero-order valence-corrected chi connectivity index (χ0v) is 16.4. The number of fused-ring (bicyclic) bond motifs is 1. The van der Waals surface area contributed by atoms with Crippen molar-refractivity contribution in [3.05, 3.63) is 21.9 Å². The van der Waals surface area contributed by atoms with E-state index in [4.69, 9.17) is 9.47 Å². The van der Waals surface area contributed by atoms with Gasteiger partial charge in [0.1, 0.15) is 11.7 Å². The molecular formula is C18H28N2O4S. The van der Waals surface area contributed by atoms with Gasteiger partial charge >= 0.3 is 6.09 Å². The molecule has 1 atom stereocenters. The van der Waals surface area contributed by atoms with Crippen LogP contribution in [0.4, 0.5) is 4.79 Å². The Morgan fingerprint density at radius 3 is 2.72 bits per heavy atom. The molecule has 1 aromatic heterocycles. The first kappa shape index (κ1) is 19.7. The van der Waals surface area contributed by atoms with Crippen LogP contribution >= 0.6 is 11.3 Å². The highest BCUT2D eigenvalue weighted by atomic mass is 32.1. The SMILES string of the molecule is CC(C)(CNC(=O)OC(C)(C)C)NC(=O)CC1OCCc2ccsc21. The van der Waals surface area contributed by atoms with E-state index in [0.29, 0.717) is 6.61 Å². The van der Waals surface area contributed by atoms with E-state index in [-0.39, 0.29) is 25.0 Å². The summed E-state index contributed by atoms with van der Waals surface area (Å²) in [6.07, 6.45) is 0.512. The fraction of sp³-hybridized carbons (Fsp3) is 0.667. The van der Waals surface area contributed by atoms with Crippen molar-refractivity contribution in [1.29, 1.82) is 0 Å². The Bertz CT molecular complexity index is 619. The summed E-state index contributed by atoms with van der Waals surface area (Å²) in [7, 11) is 0. The molecule has 0 aliphatic carbocycles. The number of hydrogen-bond donors (Lipinski definition) is 2. The standard InChI is InChI=1S/C18H28N2O4S/c1-17(2,3)24-16(22)19-11-18(4,5)20-14(21)10-13-15-12(6-8-23-13)7-9-25-15/h7,9,13H,6,8,10-11H2,1-5H3,(H,19,22)(H,20,21). The van der Waals surface area contributed by atoms with Crippen LogP contribution in [0.3, 0.4) is 0 Å². The van der Waals surface area contributed by atoms with E-state index >= 15 is 0 Å². The van der Waals surface area contributed by atoms with Gasteiger partial charge < -0.3 is 20.1 Å². The third kappa shape index (κ3) is 6.32. The molecule has 1 aliphatic heterocycles. The maximum absolute atomic E-state index is 12.4. The lowest BCUT2D eigenvalue weighted by Crippen LogP contribution is -2.52. The fourth-order valence-corrected chi connectivity index (χ4v) is 3.63. The number of hydrogen-bond acceptors (Lipinski definition) is 5. The van der Waals surface area contributed by atoms with Crippen LogP contribution in [0, 0.1) is 0 Å². The van der Waals surface area contributed by atoms with Crippen molar-refractivity contribution in [3.63, 3.8) is 0 Å². The highest BCUT2D eigenvalue weighted by molar-refractivity contribution is 7.10. The van der Waals surface area contributed by atoms with Crippen LogP contribution < -0.4 is 10.6 Å². The topological polar surface area (TPSA) is 76.7 Å². The minimum atomic E-state index is -0.582. The Morgan fingerprint density at radius 2 is 2.04 bits per heavy atom. The predicted octanol–water partition coefficient (Wildman–Crippen LogP) is 3.17. The molecule has 0 saturated carbocycles. The molecule has 2 rings (SSSR count). The zero-order valence-electron chi connectivity index (χ0n) is 15.6. The van der Waals surface area contributed by atoms with Gasteiger partial charge in [-0.2, -0.15) is 0 Å². The summed E-state index contributed by atoms with van der Waals surface area (Å²) < 4.78 is 11.0. The minimum absolute atomic E-state index is 0.0951. The Hall–Kier alpha value is -1.60. The van der Waals surface area contributed by atoms with Crippen LogP contribution in [0.15, 0.2) is 11.4 Å². The summed E-state index contributed by atoms with van der Waals surface area (Å²) in [6, 6.07) is 2.10. The van der Waals surface area contributed by atoms with Crippen molar-refractivity contribution in [2.75, 3.05) is 13.2 Å². The Balaban J connectivity index is 1.82. The van der Waals surface area contributed by atoms with Gasteiger partial charge in [-0.15, -0.1) is 11.3 Å². The van der Waals surface area contributed by atoms with Crippen LogP contribution in [-0.2, 0) is 20.7 Å². The van der Waals surface area contributed by atoms with Crippen molar-refractivity contribution in [2.24, 2.45) is 0 Å². The first-order valence-corrected chi connectivity index (χ1v) is 9.39. The molecule has 140 valence electrons. The van der Waals surface area contributed by atoms with Crippen molar-refractivity contribution in [1.82, 2.24) is 10.6 Å². The van der Waals surface area contributed by atoms with Crippen molar-refractivity contribution >= 4 is 23.3 Å². The number of nitrogens with one attached hydrogen (secondary N) is 2. The highest BCUT2D eigenvalue weighted by Crippen LogP contribution is 2.33. The van der Waals surface area contributed by atoms with Crippen LogP contribution in [0.2, 0.25) is 0 Å². The van der Waals surface area contributed by atoms with Gasteiger partial charge in [0.15, 0.2) is 0 Å². The summed E-state index contributed by atoms with van der Waals surface area (Å²) in [5, 5.41) is 7.70. The van der Waals surface area contributed by atoms with E-state index in [1.54, 1.807) is 11.3 Å². The van der Waals surface area contributed by atoms with E-state index in [1.165, 1.54) is 5.56 Å². The number of carbonyl (C=O) groups excluding carboxylic acids is 2. The van der Waals surface area contributed by atoms with Crippen LogP contribution in [-0.4, -0.2) is 36.3 Å². The molecule has 0 aromatic carbocycles. The normalized spacial score (nSPS) is 17.6. The largest absolute Gasteiger partial charge is 0.444 e. The highest BCUT2D eigenvalue weighted by Gasteiger charge is 2.28. The number of alkyl carbamates (subject to hydrolysis) is 1. The molecule has 2 N–H and O–H groups in total. The molecule has 2 heterocycles. The number of ether oxygens (including phenoxy) is 2. The lowest BCUT2D eigenvalue weighted by atomic mass is 10.0. The van der Waals surface area contributed by atoms with Crippen LogP contribution in [0.1, 0.15) is 57.6 Å². The van der Waals surface area contributed by atoms with Gasteiger partial charge in [0.05, 0.1) is 18.6 Å². The van der Waals surface area contributed by atoms with Gasteiger partial charge in [0, 0.05) is 11.4 Å². The maximum atomic E-state index is 12.4. The predicted molar refractivity (Wildman–Crippen MR) is 97.8 cm³/mol. The lowest BCUT2D eigenvalue weighted by molar-refractivity contribution is -0.125. The van der Waals surface area contributed by atoms with Gasteiger partial charge in [-0.3, -0.25) is 4.79 Å². The number of amides is 2. The molecule has 25 heavy (non-hydrogen) atoms. The minimum Gasteiger partial charge on any atom is -0.444 e. The van der Waals surface area contributed by atoms with Gasteiger partial charge in [0.25, 0.3) is 0 Å². The molecule has 2 amide bonds. The molecule has 0 saturated heterocycles. The average molecular weight is 368 g/mol. The van der Waals surface area contributed by atoms with E-state index in [0.717, 1.165) is 11.3 Å². The summed E-state index contributed by atoms with van der Waals surface area (Å²) >= 11 is 1.63. The van der Waals surface area contributed by atoms with E-state index in [2.05, 4.69) is 16.7 Å². The summed E-state index contributed by atoms with van der Waals surface area (Å²) in [6.45, 7) is 10.1. The first-order chi connectivity index (χ1) is 11.6.